The summed E-state index contributed by atoms with van der Waals surface area (Å²) in [4.78, 5) is 137. The van der Waals surface area contributed by atoms with Crippen LogP contribution in [0.25, 0.3) is 0 Å². The molecule has 404 valence electrons. The number of nitro groups is 1. The first-order valence-electron chi connectivity index (χ1n) is 22.2. The molecule has 15 atom stereocenters. The molecule has 73 heavy (non-hydrogen) atoms. The summed E-state index contributed by atoms with van der Waals surface area (Å²) in [5.41, 5.74) is -0.349. The molecule has 0 radical (unpaired) electrons. The van der Waals surface area contributed by atoms with Crippen molar-refractivity contribution in [3.05, 3.63) is 34.4 Å². The third kappa shape index (κ3) is 17.3. The van der Waals surface area contributed by atoms with Crippen molar-refractivity contribution < 1.29 is 119 Å². The maximum absolute atomic E-state index is 13.1. The van der Waals surface area contributed by atoms with Gasteiger partial charge in [-0.05, 0) is 12.1 Å². The highest BCUT2D eigenvalue weighted by atomic mass is 16.8. The van der Waals surface area contributed by atoms with Crippen LogP contribution in [-0.2, 0) is 110 Å². The third-order valence-corrected chi connectivity index (χ3v) is 10.4. The van der Waals surface area contributed by atoms with Crippen LogP contribution in [0.1, 0.15) is 69.2 Å². The van der Waals surface area contributed by atoms with Crippen molar-refractivity contribution in [3.63, 3.8) is 0 Å². The molecule has 1 aromatic carbocycles. The van der Waals surface area contributed by atoms with Gasteiger partial charge in [0.05, 0.1) is 11.5 Å². The smallest absolute Gasteiger partial charge is 0.303 e. The second-order valence-electron chi connectivity index (χ2n) is 16.4. The average Bonchev–Trinajstić information content (AvgIpc) is 3.26. The number of esters is 8. The quantitative estimate of drug-likeness (QED) is 0.0704. The summed E-state index contributed by atoms with van der Waals surface area (Å²) in [6, 6.07) is 1.34. The predicted molar refractivity (Wildman–Crippen MR) is 232 cm³/mol. The number of ether oxygens (including phenoxy) is 14. The van der Waals surface area contributed by atoms with Gasteiger partial charge in [-0.15, -0.1) is 0 Å². The Bertz CT molecular complexity index is 2210. The van der Waals surface area contributed by atoms with Gasteiger partial charge in [0.1, 0.15) is 55.5 Å². The molecule has 0 bridgehead atoms. The lowest BCUT2D eigenvalue weighted by molar-refractivity contribution is -0.384. The summed E-state index contributed by atoms with van der Waals surface area (Å²) in [5, 5.41) is 16.7. The SMILES string of the molecule is CC(=O)N[C@@H]1[C@H](OCC2O[C@H](Oc3ccc([N+](=O)[O-])cc3)[C@@H](NC(C)=O)[C@@H](O[C@@H]3OC(COC(C)=O)[C@H](OC(C)=O)[C@H](OC(C)=O)[C@@H]3OC(C)=O)[C@H]2OC(C)=O)OC(COC(C)=O)[C@@H](OC(C)=O)[C@@H]1OC(C)=O. The van der Waals surface area contributed by atoms with Crippen LogP contribution in [0.3, 0.4) is 0 Å². The molecule has 0 aromatic heterocycles. The number of non-ortho nitro benzene ring substituents is 1. The van der Waals surface area contributed by atoms with Crippen LogP contribution >= 0.6 is 0 Å². The first kappa shape index (κ1) is 58.5. The number of nitro benzene ring substituents is 1. The molecule has 4 rings (SSSR count). The van der Waals surface area contributed by atoms with E-state index in [0.29, 0.717) is 0 Å². The highest BCUT2D eigenvalue weighted by Gasteiger charge is 2.58. The van der Waals surface area contributed by atoms with Crippen molar-refractivity contribution in [2.24, 2.45) is 0 Å². The summed E-state index contributed by atoms with van der Waals surface area (Å²) in [6.45, 7) is 8.12. The molecule has 1 aromatic rings. The Hall–Kier alpha value is -7.08. The van der Waals surface area contributed by atoms with E-state index in [2.05, 4.69) is 10.6 Å². The summed E-state index contributed by atoms with van der Waals surface area (Å²) < 4.78 is 81.5. The second-order valence-corrected chi connectivity index (χ2v) is 16.4. The summed E-state index contributed by atoms with van der Waals surface area (Å²) >= 11 is 0. The average molecular weight is 1040 g/mol. The van der Waals surface area contributed by atoms with Gasteiger partial charge in [-0.3, -0.25) is 58.1 Å². The van der Waals surface area contributed by atoms with Gasteiger partial charge in [0, 0.05) is 81.4 Å². The first-order chi connectivity index (χ1) is 34.2. The van der Waals surface area contributed by atoms with Crippen LogP contribution in [-0.4, -0.2) is 176 Å². The highest BCUT2D eigenvalue weighted by molar-refractivity contribution is 5.74. The molecule has 2 N–H and O–H groups in total. The molecule has 2 amide bonds. The van der Waals surface area contributed by atoms with Gasteiger partial charge in [-0.2, -0.15) is 0 Å². The Morgan fingerprint density at radius 1 is 0.466 bits per heavy atom. The Morgan fingerprint density at radius 3 is 1.27 bits per heavy atom. The largest absolute Gasteiger partial charge is 0.463 e. The summed E-state index contributed by atoms with van der Waals surface area (Å²) in [5.74, 6) is -9.07. The van der Waals surface area contributed by atoms with E-state index in [1.54, 1.807) is 0 Å². The predicted octanol–water partition coefficient (Wildman–Crippen LogP) is -0.724. The zero-order valence-electron chi connectivity index (χ0n) is 41.2. The lowest BCUT2D eigenvalue weighted by Gasteiger charge is -2.49. The minimum atomic E-state index is -2.00. The highest BCUT2D eigenvalue weighted by Crippen LogP contribution is 2.36. The van der Waals surface area contributed by atoms with Gasteiger partial charge in [0.25, 0.3) is 5.69 Å². The third-order valence-electron chi connectivity index (χ3n) is 10.4. The van der Waals surface area contributed by atoms with E-state index in [9.17, 15) is 58.1 Å². The molecule has 3 fully saturated rings. The number of amides is 2. The fourth-order valence-corrected chi connectivity index (χ4v) is 7.88. The van der Waals surface area contributed by atoms with Crippen molar-refractivity contribution in [3.8, 4) is 5.75 Å². The van der Waals surface area contributed by atoms with Crippen molar-refractivity contribution in [1.82, 2.24) is 10.6 Å². The van der Waals surface area contributed by atoms with E-state index in [1.165, 1.54) is 12.1 Å². The first-order valence-corrected chi connectivity index (χ1v) is 22.2. The van der Waals surface area contributed by atoms with E-state index in [4.69, 9.17) is 66.3 Å². The second kappa shape index (κ2) is 26.6. The van der Waals surface area contributed by atoms with Gasteiger partial charge in [-0.1, -0.05) is 0 Å². The lowest BCUT2D eigenvalue weighted by Crippen LogP contribution is -2.70. The minimum Gasteiger partial charge on any atom is -0.463 e. The lowest BCUT2D eigenvalue weighted by atomic mass is 9.94. The number of rotatable bonds is 20. The van der Waals surface area contributed by atoms with Crippen molar-refractivity contribution in [2.75, 3.05) is 19.8 Å². The number of hydrogen-bond acceptors (Lipinski definition) is 26. The molecule has 0 saturated carbocycles. The van der Waals surface area contributed by atoms with Crippen molar-refractivity contribution in [1.29, 1.82) is 0 Å². The fraction of sp³-hybridized carbons (Fsp3) is 0.636. The zero-order chi connectivity index (χ0) is 54.4. The minimum absolute atomic E-state index is 0.113. The molecule has 29 heteroatoms. The molecule has 0 aliphatic carbocycles. The van der Waals surface area contributed by atoms with Crippen LogP contribution in [0, 0.1) is 10.1 Å². The van der Waals surface area contributed by atoms with Gasteiger partial charge in [-0.25, -0.2) is 0 Å². The van der Waals surface area contributed by atoms with Crippen LogP contribution < -0.4 is 15.4 Å². The van der Waals surface area contributed by atoms with E-state index in [1.807, 2.05) is 0 Å². The van der Waals surface area contributed by atoms with Crippen LogP contribution in [0.4, 0.5) is 5.69 Å². The Morgan fingerprint density at radius 2 is 0.836 bits per heavy atom. The van der Waals surface area contributed by atoms with E-state index < -0.39 is 176 Å². The summed E-state index contributed by atoms with van der Waals surface area (Å²) in [6.07, 6.45) is -22.3. The molecular weight excluding hydrogens is 986 g/mol. The molecule has 3 heterocycles. The molecule has 0 spiro atoms. The number of carbonyl (C=O) groups is 10. The van der Waals surface area contributed by atoms with Gasteiger partial charge in [0.15, 0.2) is 49.2 Å². The van der Waals surface area contributed by atoms with Gasteiger partial charge >= 0.3 is 47.8 Å². The maximum atomic E-state index is 13.1. The van der Waals surface area contributed by atoms with E-state index in [0.717, 1.165) is 81.4 Å². The standard InChI is InChI=1S/C44H57N3O26/c1-18(48)45-33-38(66-25(8)55)35(63-22(5)52)30(15-60-20(3)50)70-42(33)62-17-32-36(64-23(6)53)39(34(46-19(2)49)43(71-32)69-29-13-11-28(12-14-29)47(58)59)73-44-41(68-27(10)57)40(67-26(9)56)37(65-24(7)54)31(72-44)16-61-21(4)51/h11-14,30-44H,15-17H2,1-10H3,(H,45,48)(H,46,49)/t30?,31?,32?,33-,34-,35+,36-,37-,38+,39+,40-,41-,42+,43-,44-/m0/s1. The summed E-state index contributed by atoms with van der Waals surface area (Å²) in [7, 11) is 0. The van der Waals surface area contributed by atoms with Crippen molar-refractivity contribution >= 4 is 65.3 Å². The van der Waals surface area contributed by atoms with E-state index in [-0.39, 0.29) is 11.4 Å². The van der Waals surface area contributed by atoms with E-state index >= 15 is 0 Å². The number of hydrogen-bond donors (Lipinski definition) is 2. The topological polar surface area (TPSA) is 367 Å². The van der Waals surface area contributed by atoms with Crippen LogP contribution in [0.2, 0.25) is 0 Å². The zero-order valence-corrected chi connectivity index (χ0v) is 41.2. The van der Waals surface area contributed by atoms with Crippen LogP contribution in [0.15, 0.2) is 24.3 Å². The Labute approximate surface area is 415 Å². The normalized spacial score (nSPS) is 29.6. The number of benzene rings is 1. The Balaban J connectivity index is 1.94. The fourth-order valence-electron chi connectivity index (χ4n) is 7.88. The number of nitrogens with one attached hydrogen (secondary N) is 2. The number of nitrogens with zero attached hydrogens (tertiary/aromatic N) is 1. The molecule has 29 nitrogen and oxygen atoms in total. The van der Waals surface area contributed by atoms with Gasteiger partial charge in [0.2, 0.25) is 18.1 Å². The molecule has 3 unspecified atom stereocenters. The monoisotopic (exact) mass is 1040 g/mol. The maximum Gasteiger partial charge on any atom is 0.303 e. The van der Waals surface area contributed by atoms with Crippen LogP contribution in [0.5, 0.6) is 5.75 Å². The molecule has 3 aliphatic rings. The van der Waals surface area contributed by atoms with Gasteiger partial charge < -0.3 is 76.9 Å². The molecule has 3 saturated heterocycles. The number of carbonyl (C=O) groups excluding carboxylic acids is 10. The van der Waals surface area contributed by atoms with Crippen molar-refractivity contribution in [2.45, 2.75) is 161 Å². The molecule has 3 aliphatic heterocycles. The Kier molecular flexibility index (Phi) is 21.3. The molecular formula is C44H57N3O26.